The minimum Gasteiger partial charge on any atom is -0.444 e. The van der Waals surface area contributed by atoms with Gasteiger partial charge in [0, 0.05) is 24.7 Å². The van der Waals surface area contributed by atoms with Gasteiger partial charge in [0.1, 0.15) is 5.76 Å². The Balaban J connectivity index is 1.92. The maximum Gasteiger partial charge on any atom is 0.251 e. The lowest BCUT2D eigenvalue weighted by Crippen LogP contribution is -2.40. The third-order valence-electron chi connectivity index (χ3n) is 3.84. The summed E-state index contributed by atoms with van der Waals surface area (Å²) in [5.74, 6) is 1.99. The Morgan fingerprint density at radius 1 is 1.19 bits per heavy atom. The number of oxazole rings is 1. The predicted molar refractivity (Wildman–Crippen MR) is 107 cm³/mol. The van der Waals surface area contributed by atoms with Crippen molar-refractivity contribution in [3.8, 4) is 0 Å². The van der Waals surface area contributed by atoms with E-state index in [0.29, 0.717) is 30.5 Å². The van der Waals surface area contributed by atoms with Crippen molar-refractivity contribution in [3.63, 3.8) is 0 Å². The van der Waals surface area contributed by atoms with E-state index in [9.17, 15) is 4.79 Å². The Hall–Kier alpha value is -2.83. The summed E-state index contributed by atoms with van der Waals surface area (Å²) in [7, 11) is 1.70. The van der Waals surface area contributed by atoms with Crippen LogP contribution in [0.1, 0.15) is 54.0 Å². The first-order chi connectivity index (χ1) is 12.7. The second-order valence-electron chi connectivity index (χ2n) is 7.43. The Bertz CT molecular complexity index is 799. The van der Waals surface area contributed by atoms with Crippen LogP contribution in [0, 0.1) is 13.8 Å². The first-order valence-electron chi connectivity index (χ1n) is 8.97. The molecule has 0 saturated heterocycles. The van der Waals surface area contributed by atoms with E-state index >= 15 is 0 Å². The average molecular weight is 371 g/mol. The standard InChI is InChI=1S/C20H29N5O2/c1-13-14(2)27-17(24-13)12-23-19(21-6)22-11-15-8-7-9-16(10-15)18(26)25-20(3,4)5/h7-10H,11-12H2,1-6H3,(H,25,26)(H2,21,22,23). The monoisotopic (exact) mass is 371 g/mol. The summed E-state index contributed by atoms with van der Waals surface area (Å²) < 4.78 is 5.55. The number of nitrogens with one attached hydrogen (secondary N) is 3. The molecule has 0 bridgehead atoms. The highest BCUT2D eigenvalue weighted by molar-refractivity contribution is 5.94. The number of hydrogen-bond acceptors (Lipinski definition) is 4. The van der Waals surface area contributed by atoms with E-state index in [-0.39, 0.29) is 11.4 Å². The van der Waals surface area contributed by atoms with Gasteiger partial charge in [-0.3, -0.25) is 9.79 Å². The van der Waals surface area contributed by atoms with E-state index in [1.165, 1.54) is 0 Å². The molecule has 1 heterocycles. The van der Waals surface area contributed by atoms with Crippen molar-refractivity contribution < 1.29 is 9.21 Å². The molecule has 0 aliphatic heterocycles. The Kier molecular flexibility index (Phi) is 6.60. The number of rotatable bonds is 5. The summed E-state index contributed by atoms with van der Waals surface area (Å²) in [6.07, 6.45) is 0. The van der Waals surface area contributed by atoms with Crippen LogP contribution in [0.5, 0.6) is 0 Å². The SMILES string of the molecule is CN=C(NCc1cccc(C(=O)NC(C)(C)C)c1)NCc1nc(C)c(C)o1. The van der Waals surface area contributed by atoms with Crippen LogP contribution in [0.2, 0.25) is 0 Å². The number of carbonyl (C=O) groups excluding carboxylic acids is 1. The number of amides is 1. The van der Waals surface area contributed by atoms with Gasteiger partial charge in [0.25, 0.3) is 5.91 Å². The van der Waals surface area contributed by atoms with Crippen LogP contribution < -0.4 is 16.0 Å². The quantitative estimate of drug-likeness (QED) is 0.555. The van der Waals surface area contributed by atoms with Gasteiger partial charge < -0.3 is 20.4 Å². The van der Waals surface area contributed by atoms with Gasteiger partial charge in [-0.1, -0.05) is 12.1 Å². The highest BCUT2D eigenvalue weighted by atomic mass is 16.4. The summed E-state index contributed by atoms with van der Waals surface area (Å²) in [4.78, 5) is 20.8. The molecule has 0 aliphatic rings. The second kappa shape index (κ2) is 8.70. The molecule has 0 fully saturated rings. The zero-order valence-electron chi connectivity index (χ0n) is 16.9. The van der Waals surface area contributed by atoms with E-state index in [4.69, 9.17) is 4.42 Å². The number of carbonyl (C=O) groups is 1. The van der Waals surface area contributed by atoms with E-state index < -0.39 is 0 Å². The highest BCUT2D eigenvalue weighted by Crippen LogP contribution is 2.09. The van der Waals surface area contributed by atoms with Gasteiger partial charge in [-0.2, -0.15) is 0 Å². The smallest absolute Gasteiger partial charge is 0.251 e. The molecule has 1 aromatic heterocycles. The summed E-state index contributed by atoms with van der Waals surface area (Å²) >= 11 is 0. The Labute approximate surface area is 160 Å². The number of guanidine groups is 1. The zero-order chi connectivity index (χ0) is 20.0. The normalized spacial score (nSPS) is 12.0. The van der Waals surface area contributed by atoms with E-state index in [1.54, 1.807) is 7.05 Å². The lowest BCUT2D eigenvalue weighted by molar-refractivity contribution is 0.0919. The van der Waals surface area contributed by atoms with Gasteiger partial charge in [0.15, 0.2) is 5.96 Å². The maximum atomic E-state index is 12.3. The van der Waals surface area contributed by atoms with Crippen molar-refractivity contribution >= 4 is 11.9 Å². The zero-order valence-corrected chi connectivity index (χ0v) is 16.9. The van der Waals surface area contributed by atoms with Crippen molar-refractivity contribution in [1.82, 2.24) is 20.9 Å². The van der Waals surface area contributed by atoms with Crippen LogP contribution in [-0.2, 0) is 13.1 Å². The molecule has 3 N–H and O–H groups in total. The van der Waals surface area contributed by atoms with Gasteiger partial charge in [-0.05, 0) is 52.3 Å². The van der Waals surface area contributed by atoms with Gasteiger partial charge in [-0.15, -0.1) is 0 Å². The molecule has 2 aromatic rings. The molecule has 0 saturated carbocycles. The molecule has 0 radical (unpaired) electrons. The summed E-state index contributed by atoms with van der Waals surface area (Å²) in [6.45, 7) is 10.7. The largest absolute Gasteiger partial charge is 0.444 e. The number of hydrogen-bond donors (Lipinski definition) is 3. The van der Waals surface area contributed by atoms with Gasteiger partial charge >= 0.3 is 0 Å². The van der Waals surface area contributed by atoms with Gasteiger partial charge in [-0.25, -0.2) is 4.98 Å². The molecule has 0 spiro atoms. The molecule has 0 unspecified atom stereocenters. The van der Waals surface area contributed by atoms with Crippen LogP contribution >= 0.6 is 0 Å². The highest BCUT2D eigenvalue weighted by Gasteiger charge is 2.15. The Morgan fingerprint density at radius 3 is 2.48 bits per heavy atom. The number of nitrogens with zero attached hydrogens (tertiary/aromatic N) is 2. The first kappa shape index (κ1) is 20.5. The fourth-order valence-electron chi connectivity index (χ4n) is 2.42. The topological polar surface area (TPSA) is 91.5 Å². The minimum atomic E-state index is -0.270. The number of aromatic nitrogens is 1. The summed E-state index contributed by atoms with van der Waals surface area (Å²) in [6, 6.07) is 7.53. The molecular formula is C20H29N5O2. The molecule has 1 amide bonds. The third kappa shape index (κ3) is 6.44. The van der Waals surface area contributed by atoms with Crippen LogP contribution in [0.3, 0.4) is 0 Å². The van der Waals surface area contributed by atoms with Gasteiger partial charge in [0.05, 0.1) is 12.2 Å². The van der Waals surface area contributed by atoms with E-state index in [0.717, 1.165) is 17.0 Å². The predicted octanol–water partition coefficient (Wildman–Crippen LogP) is 2.68. The molecule has 7 heteroatoms. The number of aryl methyl sites for hydroxylation is 2. The van der Waals surface area contributed by atoms with Gasteiger partial charge in [0.2, 0.25) is 5.89 Å². The molecular weight excluding hydrogens is 342 g/mol. The van der Waals surface area contributed by atoms with Crippen LogP contribution in [0.4, 0.5) is 0 Å². The van der Waals surface area contributed by atoms with Crippen molar-refractivity contribution in [2.45, 2.75) is 53.2 Å². The fraction of sp³-hybridized carbons (Fsp3) is 0.450. The van der Waals surface area contributed by atoms with Crippen LogP contribution in [0.25, 0.3) is 0 Å². The van der Waals surface area contributed by atoms with Crippen molar-refractivity contribution in [2.75, 3.05) is 7.05 Å². The van der Waals surface area contributed by atoms with Crippen molar-refractivity contribution in [2.24, 2.45) is 4.99 Å². The van der Waals surface area contributed by atoms with Crippen LogP contribution in [0.15, 0.2) is 33.7 Å². The summed E-state index contributed by atoms with van der Waals surface area (Å²) in [5.41, 5.74) is 2.24. The first-order valence-corrected chi connectivity index (χ1v) is 8.97. The lowest BCUT2D eigenvalue weighted by atomic mass is 10.1. The Morgan fingerprint density at radius 2 is 1.89 bits per heavy atom. The number of aliphatic imine (C=N–C) groups is 1. The average Bonchev–Trinajstić information content (AvgIpc) is 2.92. The second-order valence-corrected chi connectivity index (χ2v) is 7.43. The third-order valence-corrected chi connectivity index (χ3v) is 3.84. The molecule has 146 valence electrons. The molecule has 1 aromatic carbocycles. The lowest BCUT2D eigenvalue weighted by Gasteiger charge is -2.20. The molecule has 0 aliphatic carbocycles. The maximum absolute atomic E-state index is 12.3. The molecule has 27 heavy (non-hydrogen) atoms. The van der Waals surface area contributed by atoms with Crippen molar-refractivity contribution in [3.05, 3.63) is 52.7 Å². The minimum absolute atomic E-state index is 0.0820. The summed E-state index contributed by atoms with van der Waals surface area (Å²) in [5, 5.41) is 9.37. The van der Waals surface area contributed by atoms with E-state index in [1.807, 2.05) is 58.9 Å². The van der Waals surface area contributed by atoms with Crippen LogP contribution in [-0.4, -0.2) is 29.4 Å². The molecule has 2 rings (SSSR count). The number of benzene rings is 1. The fourth-order valence-corrected chi connectivity index (χ4v) is 2.42. The van der Waals surface area contributed by atoms with Crippen molar-refractivity contribution in [1.29, 1.82) is 0 Å². The molecule has 0 atom stereocenters. The molecule has 7 nitrogen and oxygen atoms in total. The van der Waals surface area contributed by atoms with E-state index in [2.05, 4.69) is 25.9 Å².